The quantitative estimate of drug-likeness (QED) is 0.388. The number of fused-ring (bicyclic) bond motifs is 1. The summed E-state index contributed by atoms with van der Waals surface area (Å²) in [6.07, 6.45) is 6.73. The molecule has 0 amide bonds. The van der Waals surface area contributed by atoms with Crippen molar-refractivity contribution in [2.45, 2.75) is 50.0 Å². The van der Waals surface area contributed by atoms with Crippen LogP contribution in [0.3, 0.4) is 0 Å². The van der Waals surface area contributed by atoms with Crippen molar-refractivity contribution in [3.05, 3.63) is 94.6 Å². The lowest BCUT2D eigenvalue weighted by Gasteiger charge is -2.22. The number of aromatic carboxylic acids is 1. The van der Waals surface area contributed by atoms with Gasteiger partial charge in [-0.3, -0.25) is 4.68 Å². The second-order valence-electron chi connectivity index (χ2n) is 10.9. The Morgan fingerprint density at radius 2 is 1.92 bits per heavy atom. The van der Waals surface area contributed by atoms with Gasteiger partial charge in [0.05, 0.1) is 28.7 Å². The summed E-state index contributed by atoms with van der Waals surface area (Å²) in [4.78, 5) is 12.5. The first-order valence-corrected chi connectivity index (χ1v) is 14.5. The molecule has 4 aromatic rings. The first kappa shape index (κ1) is 25.5. The van der Waals surface area contributed by atoms with E-state index in [0.29, 0.717) is 29.2 Å². The zero-order chi connectivity index (χ0) is 27.5. The molecule has 3 heterocycles. The number of hydrogen-bond acceptors (Lipinski definition) is 5. The smallest absolute Gasteiger partial charge is 0.339 e. The van der Waals surface area contributed by atoms with E-state index in [1.807, 2.05) is 62.8 Å². The molecule has 6 rings (SSSR count). The Morgan fingerprint density at radius 3 is 2.67 bits per heavy atom. The third kappa shape index (κ3) is 4.68. The predicted octanol–water partition coefficient (Wildman–Crippen LogP) is 4.27. The minimum Gasteiger partial charge on any atom is -0.478 e. The van der Waals surface area contributed by atoms with E-state index in [9.17, 15) is 18.3 Å². The van der Waals surface area contributed by atoms with Gasteiger partial charge >= 0.3 is 5.97 Å². The van der Waals surface area contributed by atoms with Crippen LogP contribution < -0.4 is 0 Å². The highest BCUT2D eigenvalue weighted by Gasteiger charge is 2.45. The summed E-state index contributed by atoms with van der Waals surface area (Å²) in [5.74, 6) is -0.648. The molecule has 0 unspecified atom stereocenters. The Balaban J connectivity index is 1.33. The maximum absolute atomic E-state index is 13.7. The normalized spacial score (nSPS) is 22.3. The molecule has 1 fully saturated rings. The zero-order valence-electron chi connectivity index (χ0n) is 22.2. The van der Waals surface area contributed by atoms with Crippen LogP contribution in [0.1, 0.15) is 63.5 Å². The van der Waals surface area contributed by atoms with Gasteiger partial charge in [-0.05, 0) is 66.5 Å². The second kappa shape index (κ2) is 9.46. The fourth-order valence-corrected chi connectivity index (χ4v) is 7.63. The van der Waals surface area contributed by atoms with E-state index in [-0.39, 0.29) is 29.9 Å². The number of carbonyl (C=O) groups is 1. The molecular weight excluding hydrogens is 514 g/mol. The van der Waals surface area contributed by atoms with Crippen molar-refractivity contribution in [3.8, 4) is 5.69 Å². The number of rotatable bonds is 6. The van der Waals surface area contributed by atoms with Gasteiger partial charge in [-0.15, -0.1) is 0 Å². The molecule has 9 nitrogen and oxygen atoms in total. The predicted molar refractivity (Wildman–Crippen MR) is 145 cm³/mol. The topological polar surface area (TPSA) is 110 Å². The molecule has 3 atom stereocenters. The molecule has 2 aromatic heterocycles. The number of aryl methyl sites for hydroxylation is 2. The Labute approximate surface area is 227 Å². The molecule has 2 aromatic carbocycles. The average Bonchev–Trinajstić information content (AvgIpc) is 3.35. The van der Waals surface area contributed by atoms with Gasteiger partial charge in [0, 0.05) is 32.3 Å². The van der Waals surface area contributed by atoms with Crippen molar-refractivity contribution in [3.63, 3.8) is 0 Å². The van der Waals surface area contributed by atoms with Gasteiger partial charge in [0.1, 0.15) is 5.56 Å². The van der Waals surface area contributed by atoms with Crippen molar-refractivity contribution in [1.82, 2.24) is 23.9 Å². The first-order valence-electron chi connectivity index (χ1n) is 13.1. The lowest BCUT2D eigenvalue weighted by atomic mass is 9.99. The molecule has 39 heavy (non-hydrogen) atoms. The van der Waals surface area contributed by atoms with Crippen LogP contribution in [0.4, 0.5) is 0 Å². The lowest BCUT2D eigenvalue weighted by molar-refractivity contribution is 0.0695. The van der Waals surface area contributed by atoms with Gasteiger partial charge in [-0.2, -0.15) is 14.5 Å². The number of aromatic nitrogens is 4. The lowest BCUT2D eigenvalue weighted by Crippen LogP contribution is -2.32. The summed E-state index contributed by atoms with van der Waals surface area (Å²) in [5.41, 5.74) is 5.38. The number of sulfonamides is 1. The van der Waals surface area contributed by atoms with Gasteiger partial charge in [0.25, 0.3) is 0 Å². The Morgan fingerprint density at radius 1 is 1.10 bits per heavy atom. The van der Waals surface area contributed by atoms with Gasteiger partial charge in [0.15, 0.2) is 0 Å². The summed E-state index contributed by atoms with van der Waals surface area (Å²) < 4.78 is 32.4. The van der Waals surface area contributed by atoms with Crippen LogP contribution >= 0.6 is 0 Å². The van der Waals surface area contributed by atoms with Gasteiger partial charge in [-0.25, -0.2) is 17.9 Å². The number of carboxylic acid groups (broad SMARTS) is 1. The fraction of sp³-hybridized carbons (Fsp3) is 0.345. The summed E-state index contributed by atoms with van der Waals surface area (Å²) in [6, 6.07) is 13.1. The summed E-state index contributed by atoms with van der Waals surface area (Å²) in [5, 5.41) is 18.6. The van der Waals surface area contributed by atoms with Crippen molar-refractivity contribution in [2.24, 2.45) is 13.0 Å². The van der Waals surface area contributed by atoms with Crippen molar-refractivity contribution in [1.29, 1.82) is 0 Å². The molecule has 10 heteroatoms. The fourth-order valence-electron chi connectivity index (χ4n) is 5.87. The van der Waals surface area contributed by atoms with Crippen LogP contribution in [0, 0.1) is 12.8 Å². The average molecular weight is 546 g/mol. The molecule has 0 saturated heterocycles. The molecule has 1 N–H and O–H groups in total. The van der Waals surface area contributed by atoms with Crippen LogP contribution in [0.15, 0.2) is 66.0 Å². The summed E-state index contributed by atoms with van der Waals surface area (Å²) in [6.45, 7) is 4.70. The summed E-state index contributed by atoms with van der Waals surface area (Å²) >= 11 is 0. The third-order valence-corrected chi connectivity index (χ3v) is 9.68. The Hall–Kier alpha value is -3.76. The monoisotopic (exact) mass is 545 g/mol. The Bertz CT molecular complexity index is 1690. The largest absolute Gasteiger partial charge is 0.478 e. The van der Waals surface area contributed by atoms with Crippen LogP contribution in [-0.2, 0) is 30.0 Å². The molecule has 202 valence electrons. The highest BCUT2D eigenvalue weighted by Crippen LogP contribution is 2.55. The Kier molecular flexibility index (Phi) is 6.19. The number of carboxylic acids is 1. The number of nitrogens with zero attached hydrogens (tertiary/aromatic N) is 5. The molecular formula is C29H31N5O4S. The molecule has 0 spiro atoms. The molecule has 0 bridgehead atoms. The minimum atomic E-state index is -3.67. The standard InChI is InChI=1S/C29H31N5O4S/c1-18-7-8-27-21(9-18)10-19(2)15-33(39(27,37)38)16-20-5-4-6-23(11-20)34-28(26(14-31-34)29(35)36)25-12-24(25)22-13-30-32(3)17-22/h4-9,11,13-14,17,19,24-25H,10,12,15-16H2,1-3H3,(H,35,36)/t19-,24-,25+/m0/s1. The van der Waals surface area contributed by atoms with Gasteiger partial charge < -0.3 is 5.11 Å². The van der Waals surface area contributed by atoms with E-state index in [4.69, 9.17) is 0 Å². The van der Waals surface area contributed by atoms with Crippen LogP contribution in [0.2, 0.25) is 0 Å². The molecule has 1 aliphatic heterocycles. The van der Waals surface area contributed by atoms with Crippen LogP contribution in [-0.4, -0.2) is 49.9 Å². The van der Waals surface area contributed by atoms with E-state index >= 15 is 0 Å². The van der Waals surface area contributed by atoms with E-state index < -0.39 is 16.0 Å². The maximum Gasteiger partial charge on any atom is 0.339 e. The van der Waals surface area contributed by atoms with E-state index in [1.165, 1.54) is 6.20 Å². The maximum atomic E-state index is 13.7. The number of benzene rings is 2. The van der Waals surface area contributed by atoms with E-state index in [0.717, 1.165) is 28.7 Å². The van der Waals surface area contributed by atoms with Crippen molar-refractivity contribution >= 4 is 16.0 Å². The van der Waals surface area contributed by atoms with Crippen LogP contribution in [0.5, 0.6) is 0 Å². The van der Waals surface area contributed by atoms with Crippen LogP contribution in [0.25, 0.3) is 5.69 Å². The third-order valence-electron chi connectivity index (χ3n) is 7.76. The molecule has 2 aliphatic rings. The van der Waals surface area contributed by atoms with E-state index in [1.54, 1.807) is 19.7 Å². The number of hydrogen-bond donors (Lipinski definition) is 1. The minimum absolute atomic E-state index is 0.0123. The first-order chi connectivity index (χ1) is 18.6. The van der Waals surface area contributed by atoms with E-state index in [2.05, 4.69) is 17.1 Å². The second-order valence-corrected chi connectivity index (χ2v) is 12.9. The molecule has 1 saturated carbocycles. The SMILES string of the molecule is Cc1ccc2c(c1)C[C@H](C)CN(Cc1cccc(-n3ncc(C(=O)O)c3[C@@H]3C[C@H]3c3cnn(C)c3)c1)S2(=O)=O. The zero-order valence-corrected chi connectivity index (χ0v) is 23.0. The van der Waals surface area contributed by atoms with Gasteiger partial charge in [0.2, 0.25) is 10.0 Å². The highest BCUT2D eigenvalue weighted by atomic mass is 32.2. The summed E-state index contributed by atoms with van der Waals surface area (Å²) in [7, 11) is -1.81. The van der Waals surface area contributed by atoms with Crippen molar-refractivity contribution < 1.29 is 18.3 Å². The van der Waals surface area contributed by atoms with Crippen molar-refractivity contribution in [2.75, 3.05) is 6.54 Å². The molecule has 0 radical (unpaired) electrons. The molecule has 1 aliphatic carbocycles. The van der Waals surface area contributed by atoms with Gasteiger partial charge in [-0.1, -0.05) is 36.8 Å². The highest BCUT2D eigenvalue weighted by molar-refractivity contribution is 7.89.